The van der Waals surface area contributed by atoms with E-state index in [1.807, 2.05) is 0 Å². The number of carboxylic acids is 1. The van der Waals surface area contributed by atoms with Gasteiger partial charge in [0.15, 0.2) is 5.12 Å². The Hall–Kier alpha value is 0.0700. The van der Waals surface area contributed by atoms with Crippen LogP contribution in [0.15, 0.2) is 0 Å². The smallest absolute Gasteiger partial charge is 0.351 e. The minimum absolute atomic E-state index is 0.357. The molecule has 10 heavy (non-hydrogen) atoms. The summed E-state index contributed by atoms with van der Waals surface area (Å²) < 4.78 is -2.05. The molecule has 0 saturated heterocycles. The molecule has 0 aromatic heterocycles. The van der Waals surface area contributed by atoms with E-state index in [-0.39, 0.29) is 0 Å². The summed E-state index contributed by atoms with van der Waals surface area (Å²) in [5.41, 5.74) is 0. The van der Waals surface area contributed by atoms with Gasteiger partial charge in [-0.15, -0.1) is 0 Å². The van der Waals surface area contributed by atoms with E-state index in [1.165, 1.54) is 6.92 Å². The van der Waals surface area contributed by atoms with Crippen LogP contribution in [0.2, 0.25) is 0 Å². The number of alkyl halides is 2. The molecule has 0 rings (SSSR count). The number of carbonyl (C=O) groups excluding carboxylic acids is 1. The molecule has 0 amide bonds. The third-order valence-electron chi connectivity index (χ3n) is 0.521. The number of carboxylic acid groups (broad SMARTS) is 1. The van der Waals surface area contributed by atoms with Crippen LogP contribution in [0.5, 0.6) is 0 Å². The third kappa shape index (κ3) is 3.29. The Kier molecular flexibility index (Phi) is 3.48. The van der Waals surface area contributed by atoms with Crippen molar-refractivity contribution in [1.82, 2.24) is 0 Å². The number of halogens is 2. The quantitative estimate of drug-likeness (QED) is 0.690. The third-order valence-corrected chi connectivity index (χ3v) is 2.03. The average molecular weight is 203 g/mol. The maximum absolute atomic E-state index is 10.3. The molecule has 0 unspecified atom stereocenters. The zero-order chi connectivity index (χ0) is 8.36. The van der Waals surface area contributed by atoms with Gasteiger partial charge in [0, 0.05) is 6.92 Å². The molecule has 0 fully saturated rings. The monoisotopic (exact) mass is 202 g/mol. The summed E-state index contributed by atoms with van der Waals surface area (Å²) in [4.78, 5) is 20.4. The van der Waals surface area contributed by atoms with Crippen molar-refractivity contribution in [3.63, 3.8) is 0 Å². The normalized spacial score (nSPS) is 11.1. The molecule has 6 heteroatoms. The van der Waals surface area contributed by atoms with Crippen molar-refractivity contribution in [2.24, 2.45) is 0 Å². The second-order valence-electron chi connectivity index (χ2n) is 1.42. The molecular weight excluding hydrogens is 199 g/mol. The molecule has 0 aliphatic carbocycles. The zero-order valence-corrected chi connectivity index (χ0v) is 7.26. The van der Waals surface area contributed by atoms with Crippen LogP contribution >= 0.6 is 35.0 Å². The van der Waals surface area contributed by atoms with Gasteiger partial charge in [-0.2, -0.15) is 0 Å². The van der Waals surface area contributed by atoms with E-state index in [4.69, 9.17) is 28.3 Å². The molecule has 0 aliphatic heterocycles. The van der Waals surface area contributed by atoms with E-state index in [9.17, 15) is 9.59 Å². The highest BCUT2D eigenvalue weighted by atomic mass is 35.5. The lowest BCUT2D eigenvalue weighted by Crippen LogP contribution is -2.22. The lowest BCUT2D eigenvalue weighted by Gasteiger charge is -2.09. The molecule has 0 aromatic carbocycles. The first-order valence-electron chi connectivity index (χ1n) is 2.17. The molecule has 0 aliphatic rings. The second kappa shape index (κ2) is 3.46. The minimum Gasteiger partial charge on any atom is -0.478 e. The van der Waals surface area contributed by atoms with E-state index in [1.54, 1.807) is 0 Å². The summed E-state index contributed by atoms with van der Waals surface area (Å²) in [6.07, 6.45) is 0. The van der Waals surface area contributed by atoms with Crippen LogP contribution < -0.4 is 0 Å². The number of hydrogen-bond acceptors (Lipinski definition) is 3. The average Bonchev–Trinajstić information content (AvgIpc) is 1.60. The van der Waals surface area contributed by atoms with Crippen LogP contribution in [0.25, 0.3) is 0 Å². The van der Waals surface area contributed by atoms with Crippen molar-refractivity contribution in [3.05, 3.63) is 0 Å². The molecular formula is C4H4Cl2O3S. The van der Waals surface area contributed by atoms with E-state index in [0.29, 0.717) is 11.8 Å². The zero-order valence-electron chi connectivity index (χ0n) is 4.93. The molecule has 0 heterocycles. The standard InChI is InChI=1S/C4H4Cl2O3S/c1-2(7)10-4(5,6)3(8)9/h1H3,(H,8,9). The molecule has 0 spiro atoms. The number of rotatable bonds is 2. The lowest BCUT2D eigenvalue weighted by atomic mass is 10.8. The van der Waals surface area contributed by atoms with Gasteiger partial charge in [0.25, 0.3) is 3.67 Å². The molecule has 58 valence electrons. The first-order chi connectivity index (χ1) is 4.36. The highest BCUT2D eigenvalue weighted by Crippen LogP contribution is 2.35. The molecule has 0 saturated carbocycles. The van der Waals surface area contributed by atoms with Crippen molar-refractivity contribution in [1.29, 1.82) is 0 Å². The highest BCUT2D eigenvalue weighted by Gasteiger charge is 2.36. The van der Waals surface area contributed by atoms with Gasteiger partial charge < -0.3 is 5.11 Å². The maximum atomic E-state index is 10.3. The first-order valence-corrected chi connectivity index (χ1v) is 3.74. The van der Waals surface area contributed by atoms with Gasteiger partial charge in [0.1, 0.15) is 0 Å². The Morgan fingerprint density at radius 2 is 1.90 bits per heavy atom. The summed E-state index contributed by atoms with van der Waals surface area (Å²) in [5, 5.41) is 7.82. The Morgan fingerprint density at radius 1 is 1.50 bits per heavy atom. The van der Waals surface area contributed by atoms with Gasteiger partial charge in [0.2, 0.25) is 0 Å². The van der Waals surface area contributed by atoms with Crippen molar-refractivity contribution in [2.45, 2.75) is 10.6 Å². The fourth-order valence-corrected chi connectivity index (χ4v) is 1.32. The molecule has 1 N–H and O–H groups in total. The Bertz CT molecular complexity index is 168. The lowest BCUT2D eigenvalue weighted by molar-refractivity contribution is -0.135. The van der Waals surface area contributed by atoms with Crippen LogP contribution in [0.4, 0.5) is 0 Å². The van der Waals surface area contributed by atoms with Crippen LogP contribution in [-0.2, 0) is 9.59 Å². The fourth-order valence-electron chi connectivity index (χ4n) is 0.224. The van der Waals surface area contributed by atoms with E-state index in [0.717, 1.165) is 0 Å². The van der Waals surface area contributed by atoms with Crippen molar-refractivity contribution in [2.75, 3.05) is 0 Å². The van der Waals surface area contributed by atoms with Gasteiger partial charge in [-0.3, -0.25) is 4.79 Å². The first kappa shape index (κ1) is 10.1. The van der Waals surface area contributed by atoms with Gasteiger partial charge >= 0.3 is 5.97 Å². The van der Waals surface area contributed by atoms with Crippen LogP contribution in [0.1, 0.15) is 6.92 Å². The van der Waals surface area contributed by atoms with Gasteiger partial charge in [0.05, 0.1) is 0 Å². The van der Waals surface area contributed by atoms with E-state index >= 15 is 0 Å². The largest absolute Gasteiger partial charge is 0.478 e. The second-order valence-corrected chi connectivity index (χ2v) is 4.58. The topological polar surface area (TPSA) is 54.4 Å². The highest BCUT2D eigenvalue weighted by molar-refractivity contribution is 8.17. The Labute approximate surface area is 71.7 Å². The molecule has 0 radical (unpaired) electrons. The van der Waals surface area contributed by atoms with Crippen LogP contribution in [-0.4, -0.2) is 19.9 Å². The number of aliphatic carboxylic acids is 1. The Morgan fingerprint density at radius 3 is 2.00 bits per heavy atom. The summed E-state index contributed by atoms with van der Waals surface area (Å²) in [5.74, 6) is -1.43. The van der Waals surface area contributed by atoms with Gasteiger partial charge in [-0.25, -0.2) is 4.79 Å². The maximum Gasteiger partial charge on any atom is 0.351 e. The molecule has 0 atom stereocenters. The van der Waals surface area contributed by atoms with Crippen LogP contribution in [0, 0.1) is 0 Å². The van der Waals surface area contributed by atoms with Crippen LogP contribution in [0.3, 0.4) is 0 Å². The fraction of sp³-hybridized carbons (Fsp3) is 0.500. The molecule has 0 bridgehead atoms. The number of thioether (sulfide) groups is 1. The SMILES string of the molecule is CC(=O)SC(Cl)(Cl)C(=O)O. The molecule has 0 aromatic rings. The Balaban J connectivity index is 4.13. The summed E-state index contributed by atoms with van der Waals surface area (Å²) in [6.45, 7) is 1.19. The molecule has 3 nitrogen and oxygen atoms in total. The van der Waals surface area contributed by atoms with E-state index < -0.39 is 14.7 Å². The summed E-state index contributed by atoms with van der Waals surface area (Å²) in [6, 6.07) is 0. The van der Waals surface area contributed by atoms with Crippen molar-refractivity contribution >= 4 is 46.0 Å². The number of carbonyl (C=O) groups is 2. The van der Waals surface area contributed by atoms with Gasteiger partial charge in [-0.1, -0.05) is 23.2 Å². The minimum atomic E-state index is -2.05. The predicted octanol–water partition coefficient (Wildman–Crippen LogP) is 1.48. The summed E-state index contributed by atoms with van der Waals surface area (Å²) in [7, 11) is 0. The summed E-state index contributed by atoms with van der Waals surface area (Å²) >= 11 is 10.7. The van der Waals surface area contributed by atoms with Crippen molar-refractivity contribution in [3.8, 4) is 0 Å². The van der Waals surface area contributed by atoms with E-state index in [2.05, 4.69) is 0 Å². The predicted molar refractivity (Wildman–Crippen MR) is 40.3 cm³/mol. The van der Waals surface area contributed by atoms with Crippen molar-refractivity contribution < 1.29 is 14.7 Å². The van der Waals surface area contributed by atoms with Gasteiger partial charge in [-0.05, 0) is 11.8 Å². The number of hydrogen-bond donors (Lipinski definition) is 1.